The minimum atomic E-state index is -1.21. The lowest BCUT2D eigenvalue weighted by Crippen LogP contribution is -2.46. The van der Waals surface area contributed by atoms with Crippen LogP contribution in [0.4, 0.5) is 9.59 Å². The van der Waals surface area contributed by atoms with E-state index in [2.05, 4.69) is 10.6 Å². The van der Waals surface area contributed by atoms with Crippen molar-refractivity contribution in [1.29, 1.82) is 0 Å². The molecule has 0 bridgehead atoms. The van der Waals surface area contributed by atoms with E-state index in [0.29, 0.717) is 5.06 Å². The molecule has 1 atom stereocenters. The van der Waals surface area contributed by atoms with Crippen molar-refractivity contribution in [3.05, 3.63) is 35.9 Å². The Hall–Kier alpha value is -3.63. The average Bonchev–Trinajstić information content (AvgIpc) is 3.06. The number of rotatable bonds is 9. The molecular formula is C22H29N3O8. The van der Waals surface area contributed by atoms with Crippen LogP contribution in [0.1, 0.15) is 52.0 Å². The minimum Gasteiger partial charge on any atom is -0.445 e. The van der Waals surface area contributed by atoms with Crippen molar-refractivity contribution >= 4 is 30.0 Å². The van der Waals surface area contributed by atoms with Gasteiger partial charge in [0.25, 0.3) is 11.8 Å². The van der Waals surface area contributed by atoms with E-state index in [1.165, 1.54) is 0 Å². The quantitative estimate of drug-likeness (QED) is 0.419. The molecule has 0 unspecified atom stereocenters. The van der Waals surface area contributed by atoms with Crippen molar-refractivity contribution in [2.75, 3.05) is 6.54 Å². The summed E-state index contributed by atoms with van der Waals surface area (Å²) in [6.45, 7) is 5.32. The third-order valence-corrected chi connectivity index (χ3v) is 4.31. The molecule has 1 aliphatic rings. The number of nitrogens with one attached hydrogen (secondary N) is 2. The second-order valence-electron chi connectivity index (χ2n) is 8.32. The van der Waals surface area contributed by atoms with Gasteiger partial charge in [-0.3, -0.25) is 9.59 Å². The van der Waals surface area contributed by atoms with Crippen molar-refractivity contribution < 1.29 is 38.3 Å². The number of carbonyl (C=O) groups excluding carboxylic acids is 5. The number of imide groups is 1. The third kappa shape index (κ3) is 9.17. The molecule has 2 N–H and O–H groups in total. The molecule has 0 spiro atoms. The number of hydrogen-bond donors (Lipinski definition) is 2. The predicted molar refractivity (Wildman–Crippen MR) is 114 cm³/mol. The molecule has 1 aliphatic heterocycles. The van der Waals surface area contributed by atoms with E-state index in [4.69, 9.17) is 14.3 Å². The second kappa shape index (κ2) is 11.8. The van der Waals surface area contributed by atoms with E-state index in [-0.39, 0.29) is 38.8 Å². The van der Waals surface area contributed by atoms with Crippen LogP contribution in [0.25, 0.3) is 0 Å². The van der Waals surface area contributed by atoms with Gasteiger partial charge in [0.05, 0.1) is 0 Å². The number of carbonyl (C=O) groups is 5. The monoisotopic (exact) mass is 463 g/mol. The zero-order valence-corrected chi connectivity index (χ0v) is 18.9. The summed E-state index contributed by atoms with van der Waals surface area (Å²) in [6, 6.07) is 7.73. The summed E-state index contributed by atoms with van der Waals surface area (Å²) in [4.78, 5) is 64.9. The van der Waals surface area contributed by atoms with Gasteiger partial charge in [0.15, 0.2) is 0 Å². The minimum absolute atomic E-state index is 0.0161. The first kappa shape index (κ1) is 25.6. The van der Waals surface area contributed by atoms with Crippen LogP contribution >= 0.6 is 0 Å². The maximum absolute atomic E-state index is 12.6. The molecule has 1 saturated heterocycles. The van der Waals surface area contributed by atoms with Gasteiger partial charge in [-0.25, -0.2) is 14.4 Å². The number of alkyl carbamates (subject to hydrolysis) is 2. The molecule has 1 aromatic carbocycles. The van der Waals surface area contributed by atoms with E-state index < -0.39 is 41.6 Å². The fourth-order valence-corrected chi connectivity index (χ4v) is 2.78. The van der Waals surface area contributed by atoms with Gasteiger partial charge in [-0.1, -0.05) is 30.3 Å². The van der Waals surface area contributed by atoms with Gasteiger partial charge in [0.1, 0.15) is 18.2 Å². The molecule has 180 valence electrons. The van der Waals surface area contributed by atoms with Crippen LogP contribution in [0.3, 0.4) is 0 Å². The van der Waals surface area contributed by atoms with Crippen LogP contribution in [-0.4, -0.2) is 53.2 Å². The molecule has 0 radical (unpaired) electrons. The normalized spacial score (nSPS) is 14.5. The standard InChI is InChI=1S/C22H29N3O8/c1-22(2,3)32-20(29)23-13-7-10-16(19(28)33-25-17(26)11-12-18(25)27)24-21(30)31-14-15-8-5-4-6-9-15/h4-6,8-9,16H,7,10-14H2,1-3H3,(H,23,29)(H,24,30)/t16-/m0/s1. The Balaban J connectivity index is 1.91. The Morgan fingerprint density at radius 3 is 2.27 bits per heavy atom. The SMILES string of the molecule is CC(C)(C)OC(=O)NCCC[C@H](NC(=O)OCc1ccccc1)C(=O)ON1C(=O)CCC1=O. The number of nitrogens with zero attached hydrogens (tertiary/aromatic N) is 1. The Kier molecular flexibility index (Phi) is 9.19. The van der Waals surface area contributed by atoms with Crippen LogP contribution in [0, 0.1) is 0 Å². The molecule has 4 amide bonds. The Morgan fingerprint density at radius 2 is 1.67 bits per heavy atom. The highest BCUT2D eigenvalue weighted by Gasteiger charge is 2.35. The summed E-state index contributed by atoms with van der Waals surface area (Å²) >= 11 is 0. The summed E-state index contributed by atoms with van der Waals surface area (Å²) in [5.74, 6) is -2.26. The lowest BCUT2D eigenvalue weighted by atomic mass is 10.1. The Morgan fingerprint density at radius 1 is 1.03 bits per heavy atom. The van der Waals surface area contributed by atoms with Crippen LogP contribution in [0.5, 0.6) is 0 Å². The second-order valence-corrected chi connectivity index (χ2v) is 8.32. The Labute approximate surface area is 191 Å². The summed E-state index contributed by atoms with van der Waals surface area (Å²) in [5.41, 5.74) is 0.0940. The van der Waals surface area contributed by atoms with E-state index in [1.54, 1.807) is 45.0 Å². The summed E-state index contributed by atoms with van der Waals surface area (Å²) in [5, 5.41) is 5.34. The third-order valence-electron chi connectivity index (χ3n) is 4.31. The highest BCUT2D eigenvalue weighted by Crippen LogP contribution is 2.14. The molecule has 1 aromatic rings. The van der Waals surface area contributed by atoms with Crippen molar-refractivity contribution in [3.63, 3.8) is 0 Å². The number of hydroxylamine groups is 2. The van der Waals surface area contributed by atoms with Crippen molar-refractivity contribution in [2.24, 2.45) is 0 Å². The molecule has 0 saturated carbocycles. The zero-order valence-electron chi connectivity index (χ0n) is 18.9. The maximum Gasteiger partial charge on any atom is 0.408 e. The summed E-state index contributed by atoms with van der Waals surface area (Å²) in [6.07, 6.45) is -1.29. The smallest absolute Gasteiger partial charge is 0.408 e. The summed E-state index contributed by atoms with van der Waals surface area (Å²) < 4.78 is 10.3. The topological polar surface area (TPSA) is 140 Å². The van der Waals surface area contributed by atoms with E-state index >= 15 is 0 Å². The molecule has 33 heavy (non-hydrogen) atoms. The fraction of sp³-hybridized carbons (Fsp3) is 0.500. The average molecular weight is 463 g/mol. The van der Waals surface area contributed by atoms with E-state index in [1.807, 2.05) is 6.07 Å². The van der Waals surface area contributed by atoms with Gasteiger partial charge >= 0.3 is 18.2 Å². The highest BCUT2D eigenvalue weighted by molar-refractivity contribution is 6.01. The molecule has 0 aliphatic carbocycles. The maximum atomic E-state index is 12.6. The number of benzene rings is 1. The van der Waals surface area contributed by atoms with Crippen molar-refractivity contribution in [1.82, 2.24) is 15.7 Å². The Bertz CT molecular complexity index is 850. The first-order chi connectivity index (χ1) is 15.5. The molecule has 11 heteroatoms. The van der Waals surface area contributed by atoms with Gasteiger partial charge < -0.3 is 24.9 Å². The fourth-order valence-electron chi connectivity index (χ4n) is 2.78. The van der Waals surface area contributed by atoms with Crippen molar-refractivity contribution in [2.45, 2.75) is 64.7 Å². The molecule has 1 heterocycles. The highest BCUT2D eigenvalue weighted by atomic mass is 16.7. The molecule has 1 fully saturated rings. The number of amides is 4. The van der Waals surface area contributed by atoms with Crippen LogP contribution in [0.2, 0.25) is 0 Å². The van der Waals surface area contributed by atoms with Gasteiger partial charge in [-0.15, -0.1) is 5.06 Å². The van der Waals surface area contributed by atoms with Gasteiger partial charge in [-0.05, 0) is 39.2 Å². The predicted octanol–water partition coefficient (Wildman–Crippen LogP) is 2.19. The molecule has 0 aromatic heterocycles. The largest absolute Gasteiger partial charge is 0.445 e. The van der Waals surface area contributed by atoms with Gasteiger partial charge in [0, 0.05) is 19.4 Å². The van der Waals surface area contributed by atoms with Crippen LogP contribution in [-0.2, 0) is 35.3 Å². The summed E-state index contributed by atoms with van der Waals surface area (Å²) in [7, 11) is 0. The van der Waals surface area contributed by atoms with Crippen LogP contribution < -0.4 is 10.6 Å². The van der Waals surface area contributed by atoms with Gasteiger partial charge in [0.2, 0.25) is 0 Å². The van der Waals surface area contributed by atoms with Gasteiger partial charge in [-0.2, -0.15) is 0 Å². The van der Waals surface area contributed by atoms with E-state index in [0.717, 1.165) is 5.56 Å². The lowest BCUT2D eigenvalue weighted by molar-refractivity contribution is -0.199. The zero-order chi connectivity index (χ0) is 24.4. The molecular weight excluding hydrogens is 434 g/mol. The number of hydrogen-bond acceptors (Lipinski definition) is 8. The van der Waals surface area contributed by atoms with Crippen LogP contribution in [0.15, 0.2) is 30.3 Å². The molecule has 2 rings (SSSR count). The van der Waals surface area contributed by atoms with Crippen molar-refractivity contribution in [3.8, 4) is 0 Å². The molecule has 11 nitrogen and oxygen atoms in total. The van der Waals surface area contributed by atoms with E-state index in [9.17, 15) is 24.0 Å². The number of ether oxygens (including phenoxy) is 2. The first-order valence-corrected chi connectivity index (χ1v) is 10.6. The first-order valence-electron chi connectivity index (χ1n) is 10.6. The lowest BCUT2D eigenvalue weighted by Gasteiger charge is -2.21.